The summed E-state index contributed by atoms with van der Waals surface area (Å²) in [6.45, 7) is -2.32. The zero-order valence-electron chi connectivity index (χ0n) is 34.7. The number of hydrogen-bond donors (Lipinski definition) is 13. The van der Waals surface area contributed by atoms with Crippen molar-refractivity contribution in [1.82, 2.24) is 0 Å². The minimum absolute atomic E-state index is 0.0560. The second-order valence-electron chi connectivity index (χ2n) is 15.7. The maximum Gasteiger partial charge on any atom is 0.330 e. The number of aliphatic hydroxyl groups excluding tert-OH is 10. The highest BCUT2D eigenvalue weighted by Gasteiger charge is 2.53. The molecule has 3 aromatic rings. The fourth-order valence-electron chi connectivity index (χ4n) is 7.58. The van der Waals surface area contributed by atoms with Crippen LogP contribution >= 0.6 is 0 Å². The molecule has 14 N–H and O–H groups in total. The van der Waals surface area contributed by atoms with Crippen LogP contribution in [0.15, 0.2) is 66.4 Å². The summed E-state index contributed by atoms with van der Waals surface area (Å²) in [5, 5.41) is 137. The van der Waals surface area contributed by atoms with Crippen molar-refractivity contribution in [3.05, 3.63) is 83.1 Å². The van der Waals surface area contributed by atoms with Gasteiger partial charge in [-0.15, -0.1) is 0 Å². The fraction of sp³-hybridized carbons (Fsp3) is 0.465. The van der Waals surface area contributed by atoms with Crippen LogP contribution in [0.2, 0.25) is 0 Å². The molecule has 0 spiro atoms. The van der Waals surface area contributed by atoms with Crippen molar-refractivity contribution in [3.8, 4) is 34.5 Å². The van der Waals surface area contributed by atoms with Gasteiger partial charge in [0, 0.05) is 18.2 Å². The molecule has 0 bridgehead atoms. The summed E-state index contributed by atoms with van der Waals surface area (Å²) in [7, 11) is 1.34. The lowest BCUT2D eigenvalue weighted by Crippen LogP contribution is -2.64. The number of fused-ring (bicyclic) bond motifs is 1. The predicted molar refractivity (Wildman–Crippen MR) is 218 cm³/mol. The number of ether oxygens (including phenoxy) is 9. The van der Waals surface area contributed by atoms with E-state index in [2.05, 4.69) is 0 Å². The number of methoxy groups -OCH3 is 1. The molecule has 23 heteroatoms. The van der Waals surface area contributed by atoms with E-state index in [4.69, 9.17) is 42.6 Å². The number of carbonyl (C=O) groups excluding carboxylic acids is 1. The van der Waals surface area contributed by atoms with Crippen LogP contribution in [0.4, 0.5) is 0 Å². The predicted octanol–water partition coefficient (Wildman–Crippen LogP) is -2.77. The van der Waals surface area contributed by atoms with Crippen LogP contribution in [-0.2, 0) is 33.2 Å². The summed E-state index contributed by atoms with van der Waals surface area (Å²) in [5.41, 5.74) is 0.881. The van der Waals surface area contributed by atoms with Gasteiger partial charge in [-0.1, -0.05) is 6.07 Å². The van der Waals surface area contributed by atoms with Crippen molar-refractivity contribution in [2.75, 3.05) is 26.9 Å². The maximum absolute atomic E-state index is 12.7. The number of benzene rings is 3. The molecule has 360 valence electrons. The van der Waals surface area contributed by atoms with Crippen LogP contribution in [-0.4, -0.2) is 196 Å². The molecule has 66 heavy (non-hydrogen) atoms. The molecule has 7 rings (SSSR count). The van der Waals surface area contributed by atoms with Crippen LogP contribution in [0.3, 0.4) is 0 Å². The topological polar surface area (TPSA) is 367 Å². The van der Waals surface area contributed by atoms with Crippen LogP contribution in [0.5, 0.6) is 34.5 Å². The number of carbonyl (C=O) groups is 1. The summed E-state index contributed by atoms with van der Waals surface area (Å²) in [6.07, 6.45) is -24.3. The first kappa shape index (κ1) is 48.6. The molecule has 3 fully saturated rings. The molecule has 0 aliphatic carbocycles. The molecule has 0 amide bonds. The maximum atomic E-state index is 12.7. The highest BCUT2D eigenvalue weighted by molar-refractivity contribution is 5.87. The van der Waals surface area contributed by atoms with Gasteiger partial charge in [0.25, 0.3) is 11.9 Å². The van der Waals surface area contributed by atoms with Crippen LogP contribution in [0, 0.1) is 0 Å². The minimum atomic E-state index is -2.03. The Kier molecular flexibility index (Phi) is 15.2. The summed E-state index contributed by atoms with van der Waals surface area (Å²) in [4.78, 5) is 12.7. The van der Waals surface area contributed by atoms with E-state index in [-0.39, 0.29) is 45.8 Å². The zero-order valence-corrected chi connectivity index (χ0v) is 34.7. The van der Waals surface area contributed by atoms with Gasteiger partial charge in [0.2, 0.25) is 12.6 Å². The molecule has 0 radical (unpaired) electrons. The van der Waals surface area contributed by atoms with Crippen molar-refractivity contribution < 1.29 is 114 Å². The second kappa shape index (κ2) is 20.7. The smallest absolute Gasteiger partial charge is 0.330 e. The Morgan fingerprint density at radius 1 is 0.667 bits per heavy atom. The molecule has 0 saturated carbocycles. The Bertz CT molecular complexity index is 2200. The van der Waals surface area contributed by atoms with E-state index in [1.165, 1.54) is 67.8 Å². The summed E-state index contributed by atoms with van der Waals surface area (Å²) < 4.78 is 50.3. The molecular formula is C43H51O23+. The standard InChI is InChI=1S/C43H50O23/c1-58-25-10-17(2-8-22(25)48)3-9-30(49)59-16-29-33(52)35(54)38(57)42(65-29)66-40-36(55)32(51)28(15-45)64-43(40)62-26-13-21-23(60-39(26)18-4-6-19(46)7-5-18)11-20(47)12-24(21)61-41-37(56)34(53)31(50)27(14-44)63-41/h2-13,27-29,31-48,50-57H,14-16H2,1H3/p+1/b9-3+/t27-,28-,29-,31-,32-,33-,34+,35+,36+,37-,38+,39?,40-,41-,42+,43-/m1/s1. The number of hydrogen-bond acceptors (Lipinski definition) is 22. The highest BCUT2D eigenvalue weighted by atomic mass is 16.8. The third kappa shape index (κ3) is 10.3. The molecule has 4 heterocycles. The van der Waals surface area contributed by atoms with E-state index >= 15 is 0 Å². The van der Waals surface area contributed by atoms with Gasteiger partial charge >= 0.3 is 5.97 Å². The Hall–Kier alpha value is -5.35. The van der Waals surface area contributed by atoms with Gasteiger partial charge in [-0.25, -0.2) is 4.79 Å². The molecule has 23 nitrogen and oxygen atoms in total. The molecule has 4 aliphatic rings. The molecular weight excluding hydrogens is 884 g/mol. The molecule has 4 aliphatic heterocycles. The van der Waals surface area contributed by atoms with Crippen molar-refractivity contribution in [1.29, 1.82) is 0 Å². The first-order valence-corrected chi connectivity index (χ1v) is 20.4. The molecule has 16 atom stereocenters. The minimum Gasteiger partial charge on any atom is -0.571 e. The quantitative estimate of drug-likeness (QED) is 0.0442. The average Bonchev–Trinajstić information content (AvgIpc) is 3.30. The molecule has 0 aromatic heterocycles. The fourth-order valence-corrected chi connectivity index (χ4v) is 7.58. The normalized spacial score (nSPS) is 34.4. The number of phenols is 3. The first-order valence-electron chi connectivity index (χ1n) is 20.4. The van der Waals surface area contributed by atoms with Crippen LogP contribution in [0.1, 0.15) is 22.8 Å². The summed E-state index contributed by atoms with van der Waals surface area (Å²) >= 11 is 0. The zero-order chi connectivity index (χ0) is 47.6. The number of aliphatic hydroxyl groups is 11. The van der Waals surface area contributed by atoms with Crippen molar-refractivity contribution in [2.45, 2.75) is 98.2 Å². The molecule has 3 aromatic carbocycles. The Labute approximate surface area is 374 Å². The first-order chi connectivity index (χ1) is 31.5. The summed E-state index contributed by atoms with van der Waals surface area (Å²) in [6, 6.07) is 12.3. The van der Waals surface area contributed by atoms with Gasteiger partial charge in [0.05, 0.1) is 32.0 Å². The van der Waals surface area contributed by atoms with Crippen LogP contribution in [0.25, 0.3) is 12.2 Å². The van der Waals surface area contributed by atoms with Gasteiger partial charge in [-0.2, -0.15) is 0 Å². The third-order valence-electron chi connectivity index (χ3n) is 11.3. The van der Waals surface area contributed by atoms with Crippen molar-refractivity contribution in [2.24, 2.45) is 0 Å². The van der Waals surface area contributed by atoms with Gasteiger partial charge in [0.1, 0.15) is 96.6 Å². The van der Waals surface area contributed by atoms with E-state index in [0.29, 0.717) is 11.1 Å². The number of rotatable bonds is 14. The van der Waals surface area contributed by atoms with Gasteiger partial charge < -0.3 is 109 Å². The van der Waals surface area contributed by atoms with Gasteiger partial charge in [-0.3, -0.25) is 0 Å². The van der Waals surface area contributed by atoms with Crippen molar-refractivity contribution >= 4 is 18.1 Å². The lowest BCUT2D eigenvalue weighted by atomic mass is 9.97. The third-order valence-corrected chi connectivity index (χ3v) is 11.3. The van der Waals surface area contributed by atoms with E-state index in [9.17, 15) is 71.2 Å². The lowest BCUT2D eigenvalue weighted by molar-refractivity contribution is -0.364. The SMILES string of the molecule is COc1cc(/C=C/C(=O)OC[C@H]2O[C@@H](O[C@H]3[C@H](OC4=Cc5c(O[C@@H]6O[C@H](CO)[C@@H](O)[C@H](O)[C@H]6O)cc(O)cc5[OH+]C4c4ccc(O)cc4)O[C@H](CO)[C@@H](O)[C@@H]3O)[C@@H](O)[C@@H](O)[C@@H]2O)ccc1O. The number of esters is 1. The Morgan fingerprint density at radius 3 is 1.95 bits per heavy atom. The Balaban J connectivity index is 1.16. The Morgan fingerprint density at radius 2 is 1.29 bits per heavy atom. The molecule has 1 unspecified atom stereocenters. The van der Waals surface area contributed by atoms with E-state index < -0.39 is 124 Å². The average molecular weight is 936 g/mol. The van der Waals surface area contributed by atoms with E-state index in [0.717, 1.165) is 12.1 Å². The number of phenolic OH excluding ortho intramolecular Hbond substituents is 3. The lowest BCUT2D eigenvalue weighted by Gasteiger charge is -2.46. The highest BCUT2D eigenvalue weighted by Crippen LogP contribution is 2.47. The number of aromatic hydroxyl groups is 4. The van der Waals surface area contributed by atoms with Gasteiger partial charge in [-0.05, 0) is 48.0 Å². The van der Waals surface area contributed by atoms with Crippen LogP contribution < -0.4 is 9.47 Å². The van der Waals surface area contributed by atoms with Crippen molar-refractivity contribution in [3.63, 3.8) is 0 Å². The van der Waals surface area contributed by atoms with Gasteiger partial charge in [0.15, 0.2) is 29.7 Å². The monoisotopic (exact) mass is 935 g/mol. The summed E-state index contributed by atoms with van der Waals surface area (Å²) in [5.74, 6) is -1.70. The second-order valence-corrected chi connectivity index (χ2v) is 15.7. The largest absolute Gasteiger partial charge is 0.571 e. The van der Waals surface area contributed by atoms with E-state index in [1.807, 2.05) is 0 Å². The van der Waals surface area contributed by atoms with E-state index in [1.54, 1.807) is 0 Å². The molecule has 3 saturated heterocycles.